The van der Waals surface area contributed by atoms with Crippen LogP contribution in [0.1, 0.15) is 30.9 Å². The number of carbonyl (C=O) groups excluding carboxylic acids is 1. The summed E-state index contributed by atoms with van der Waals surface area (Å²) in [5, 5.41) is 2.97. The Morgan fingerprint density at radius 2 is 2.17 bits per heavy atom. The van der Waals surface area contributed by atoms with Gasteiger partial charge in [0.2, 0.25) is 0 Å². The van der Waals surface area contributed by atoms with Gasteiger partial charge in [0.25, 0.3) is 0 Å². The van der Waals surface area contributed by atoms with Crippen molar-refractivity contribution >= 4 is 6.03 Å². The van der Waals surface area contributed by atoms with E-state index in [1.807, 2.05) is 23.1 Å². The van der Waals surface area contributed by atoms with Gasteiger partial charge in [-0.25, -0.2) is 4.79 Å². The zero-order chi connectivity index (χ0) is 16.1. The lowest BCUT2D eigenvalue weighted by Crippen LogP contribution is -2.40. The number of fused-ring (bicyclic) bond motifs is 1. The molecule has 0 bridgehead atoms. The van der Waals surface area contributed by atoms with Crippen LogP contribution in [0.2, 0.25) is 0 Å². The molecule has 0 spiro atoms. The monoisotopic (exact) mass is 320 g/mol. The summed E-state index contributed by atoms with van der Waals surface area (Å²) in [4.78, 5) is 14.3. The highest BCUT2D eigenvalue weighted by molar-refractivity contribution is 5.75. The number of amides is 2. The van der Waals surface area contributed by atoms with Crippen LogP contribution >= 0.6 is 0 Å². The molecule has 1 aromatic rings. The SMILES string of the molecule is COCCCNC(=O)N1CCC[C@@H]1c1ccc2c(c1)OCCO2. The van der Waals surface area contributed by atoms with E-state index in [1.54, 1.807) is 7.11 Å². The van der Waals surface area contributed by atoms with Crippen molar-refractivity contribution < 1.29 is 19.0 Å². The smallest absolute Gasteiger partial charge is 0.317 e. The molecule has 0 aliphatic carbocycles. The summed E-state index contributed by atoms with van der Waals surface area (Å²) in [6.45, 7) is 3.24. The Bertz CT molecular complexity index is 549. The van der Waals surface area contributed by atoms with Crippen molar-refractivity contribution in [2.45, 2.75) is 25.3 Å². The van der Waals surface area contributed by atoms with E-state index >= 15 is 0 Å². The first kappa shape index (κ1) is 15.9. The number of rotatable bonds is 5. The first-order chi connectivity index (χ1) is 11.3. The maximum atomic E-state index is 12.4. The number of hydrogen-bond acceptors (Lipinski definition) is 4. The fraction of sp³-hybridized carbons (Fsp3) is 0.588. The minimum Gasteiger partial charge on any atom is -0.486 e. The average molecular weight is 320 g/mol. The summed E-state index contributed by atoms with van der Waals surface area (Å²) in [6.07, 6.45) is 2.82. The lowest BCUT2D eigenvalue weighted by molar-refractivity contribution is 0.170. The van der Waals surface area contributed by atoms with Gasteiger partial charge < -0.3 is 24.4 Å². The zero-order valence-electron chi connectivity index (χ0n) is 13.5. The van der Waals surface area contributed by atoms with Crippen LogP contribution in [-0.4, -0.2) is 51.0 Å². The fourth-order valence-electron chi connectivity index (χ4n) is 3.14. The molecule has 6 nitrogen and oxygen atoms in total. The lowest BCUT2D eigenvalue weighted by Gasteiger charge is -2.27. The molecule has 2 heterocycles. The van der Waals surface area contributed by atoms with Crippen LogP contribution in [0.4, 0.5) is 4.79 Å². The second-order valence-corrected chi connectivity index (χ2v) is 5.83. The number of carbonyl (C=O) groups is 1. The molecule has 1 atom stereocenters. The molecular weight excluding hydrogens is 296 g/mol. The van der Waals surface area contributed by atoms with Crippen LogP contribution in [0.5, 0.6) is 11.5 Å². The highest BCUT2D eigenvalue weighted by Gasteiger charge is 2.30. The van der Waals surface area contributed by atoms with Gasteiger partial charge in [0.1, 0.15) is 13.2 Å². The summed E-state index contributed by atoms with van der Waals surface area (Å²) in [6, 6.07) is 6.09. The van der Waals surface area contributed by atoms with Crippen LogP contribution in [0.15, 0.2) is 18.2 Å². The average Bonchev–Trinajstić information content (AvgIpc) is 3.08. The highest BCUT2D eigenvalue weighted by atomic mass is 16.6. The van der Waals surface area contributed by atoms with Gasteiger partial charge >= 0.3 is 6.03 Å². The van der Waals surface area contributed by atoms with Crippen LogP contribution in [-0.2, 0) is 4.74 Å². The van der Waals surface area contributed by atoms with Crippen molar-refractivity contribution in [1.29, 1.82) is 0 Å². The van der Waals surface area contributed by atoms with E-state index in [0.29, 0.717) is 26.4 Å². The van der Waals surface area contributed by atoms with E-state index < -0.39 is 0 Å². The second-order valence-electron chi connectivity index (χ2n) is 5.83. The molecule has 0 unspecified atom stereocenters. The van der Waals surface area contributed by atoms with E-state index in [2.05, 4.69) is 5.32 Å². The minimum atomic E-state index is -0.00140. The first-order valence-corrected chi connectivity index (χ1v) is 8.22. The Morgan fingerprint density at radius 1 is 1.35 bits per heavy atom. The van der Waals surface area contributed by atoms with E-state index in [4.69, 9.17) is 14.2 Å². The number of likely N-dealkylation sites (tertiary alicyclic amines) is 1. The predicted molar refractivity (Wildman–Crippen MR) is 86.0 cm³/mol. The van der Waals surface area contributed by atoms with Crippen LogP contribution in [0, 0.1) is 0 Å². The summed E-state index contributed by atoms with van der Waals surface area (Å²) < 4.78 is 16.2. The predicted octanol–water partition coefficient (Wildman–Crippen LogP) is 2.34. The Morgan fingerprint density at radius 3 is 3.00 bits per heavy atom. The van der Waals surface area contributed by atoms with Gasteiger partial charge in [-0.05, 0) is 37.0 Å². The van der Waals surface area contributed by atoms with Crippen molar-refractivity contribution in [2.24, 2.45) is 0 Å². The fourth-order valence-corrected chi connectivity index (χ4v) is 3.14. The van der Waals surface area contributed by atoms with Crippen molar-refractivity contribution in [3.05, 3.63) is 23.8 Å². The minimum absolute atomic E-state index is 0.00140. The highest BCUT2D eigenvalue weighted by Crippen LogP contribution is 2.37. The van der Waals surface area contributed by atoms with Gasteiger partial charge in [0.05, 0.1) is 6.04 Å². The number of urea groups is 1. The van der Waals surface area contributed by atoms with Crippen LogP contribution in [0.25, 0.3) is 0 Å². The van der Waals surface area contributed by atoms with Gasteiger partial charge in [-0.1, -0.05) is 6.07 Å². The molecular formula is C17H24N2O4. The Balaban J connectivity index is 1.65. The number of benzene rings is 1. The molecule has 0 saturated carbocycles. The van der Waals surface area contributed by atoms with Gasteiger partial charge in [-0.3, -0.25) is 0 Å². The van der Waals surface area contributed by atoms with Crippen molar-refractivity contribution in [2.75, 3.05) is 40.0 Å². The molecule has 2 aliphatic heterocycles. The molecule has 3 rings (SSSR count). The summed E-state index contributed by atoms with van der Waals surface area (Å²) in [5.74, 6) is 1.56. The number of ether oxygens (including phenoxy) is 3. The normalized spacial score (nSPS) is 19.7. The number of hydrogen-bond donors (Lipinski definition) is 1. The molecule has 1 fully saturated rings. The molecule has 23 heavy (non-hydrogen) atoms. The largest absolute Gasteiger partial charge is 0.486 e. The van der Waals surface area contributed by atoms with Crippen LogP contribution in [0.3, 0.4) is 0 Å². The first-order valence-electron chi connectivity index (χ1n) is 8.22. The van der Waals surface area contributed by atoms with Crippen LogP contribution < -0.4 is 14.8 Å². The number of nitrogens with zero attached hydrogens (tertiary/aromatic N) is 1. The van der Waals surface area contributed by atoms with Crippen molar-refractivity contribution in [3.63, 3.8) is 0 Å². The molecule has 126 valence electrons. The Labute approximate surface area is 136 Å². The molecule has 1 aromatic carbocycles. The van der Waals surface area contributed by atoms with Gasteiger partial charge in [0.15, 0.2) is 11.5 Å². The molecule has 1 saturated heterocycles. The van der Waals surface area contributed by atoms with Gasteiger partial charge in [-0.15, -0.1) is 0 Å². The maximum absolute atomic E-state index is 12.4. The Hall–Kier alpha value is -1.95. The lowest BCUT2D eigenvalue weighted by atomic mass is 10.0. The molecule has 1 N–H and O–H groups in total. The summed E-state index contributed by atoms with van der Waals surface area (Å²) in [7, 11) is 1.67. The Kier molecular flexibility index (Phi) is 5.23. The molecule has 6 heteroatoms. The second kappa shape index (κ2) is 7.55. The third-order valence-corrected chi connectivity index (χ3v) is 4.27. The molecule has 0 aromatic heterocycles. The number of methoxy groups -OCH3 is 1. The quantitative estimate of drug-likeness (QED) is 0.846. The van der Waals surface area contributed by atoms with Gasteiger partial charge in [0, 0.05) is 26.8 Å². The maximum Gasteiger partial charge on any atom is 0.317 e. The summed E-state index contributed by atoms with van der Waals surface area (Å²) >= 11 is 0. The van der Waals surface area contributed by atoms with Crippen molar-refractivity contribution in [3.8, 4) is 11.5 Å². The molecule has 2 amide bonds. The van der Waals surface area contributed by atoms with Crippen molar-refractivity contribution in [1.82, 2.24) is 10.2 Å². The van der Waals surface area contributed by atoms with E-state index in [-0.39, 0.29) is 12.1 Å². The topological polar surface area (TPSA) is 60.0 Å². The van der Waals surface area contributed by atoms with E-state index in [9.17, 15) is 4.79 Å². The zero-order valence-corrected chi connectivity index (χ0v) is 13.5. The van der Waals surface area contributed by atoms with E-state index in [0.717, 1.165) is 42.9 Å². The van der Waals surface area contributed by atoms with Gasteiger partial charge in [-0.2, -0.15) is 0 Å². The standard InChI is InChI=1S/C17H24N2O4/c1-21-9-3-7-18-17(20)19-8-2-4-14(19)13-5-6-15-16(12-13)23-11-10-22-15/h5-6,12,14H,2-4,7-11H2,1H3,(H,18,20)/t14-/m1/s1. The summed E-state index contributed by atoms with van der Waals surface area (Å²) in [5.41, 5.74) is 1.11. The number of nitrogens with one attached hydrogen (secondary N) is 1. The third kappa shape index (κ3) is 3.69. The third-order valence-electron chi connectivity index (χ3n) is 4.27. The molecule has 2 aliphatic rings. The molecule has 0 radical (unpaired) electrons. The van der Waals surface area contributed by atoms with E-state index in [1.165, 1.54) is 0 Å².